The molecule has 1 atom stereocenters. The third-order valence-electron chi connectivity index (χ3n) is 4.16. The summed E-state index contributed by atoms with van der Waals surface area (Å²) in [4.78, 5) is 20.7. The molecule has 1 aromatic carbocycles. The fraction of sp³-hybridized carbons (Fsp3) is 0.190. The van der Waals surface area contributed by atoms with Gasteiger partial charge in [0.25, 0.3) is 0 Å². The van der Waals surface area contributed by atoms with Crippen molar-refractivity contribution in [1.82, 2.24) is 9.97 Å². The summed E-state index contributed by atoms with van der Waals surface area (Å²) in [5, 5.41) is 9.45. The summed E-state index contributed by atoms with van der Waals surface area (Å²) in [5.41, 5.74) is 3.04. The van der Waals surface area contributed by atoms with Crippen LogP contribution in [0.4, 0.5) is 8.78 Å². The van der Waals surface area contributed by atoms with Gasteiger partial charge in [0.2, 0.25) is 0 Å². The lowest BCUT2D eigenvalue weighted by Gasteiger charge is -2.06. The Morgan fingerprint density at radius 2 is 1.78 bits per heavy atom. The maximum atomic E-state index is 13.3. The van der Waals surface area contributed by atoms with E-state index in [9.17, 15) is 18.7 Å². The lowest BCUT2D eigenvalue weighted by Crippen LogP contribution is -2.07. The van der Waals surface area contributed by atoms with E-state index in [1.54, 1.807) is 31.3 Å². The number of Topliss-reactive ketones (excluding diaryl/α,β-unsaturated/α-hetero) is 1. The highest BCUT2D eigenvalue weighted by Gasteiger charge is 2.10. The van der Waals surface area contributed by atoms with Crippen LogP contribution < -0.4 is 0 Å². The monoisotopic (exact) mass is 368 g/mol. The Bertz CT molecular complexity index is 939. The van der Waals surface area contributed by atoms with Crippen molar-refractivity contribution in [2.24, 2.45) is 0 Å². The van der Waals surface area contributed by atoms with Crippen molar-refractivity contribution >= 4 is 5.78 Å². The van der Waals surface area contributed by atoms with E-state index in [-0.39, 0.29) is 12.2 Å². The number of benzene rings is 1. The number of rotatable bonds is 6. The normalized spacial score (nSPS) is 12.0. The summed E-state index contributed by atoms with van der Waals surface area (Å²) in [7, 11) is 0. The Kier molecular flexibility index (Phi) is 5.66. The number of halogens is 2. The Morgan fingerprint density at radius 1 is 1.00 bits per heavy atom. The van der Waals surface area contributed by atoms with Gasteiger partial charge < -0.3 is 5.11 Å². The van der Waals surface area contributed by atoms with E-state index in [2.05, 4.69) is 9.97 Å². The van der Waals surface area contributed by atoms with Crippen molar-refractivity contribution in [3.8, 4) is 0 Å². The van der Waals surface area contributed by atoms with Crippen molar-refractivity contribution in [2.75, 3.05) is 0 Å². The molecule has 0 fully saturated rings. The number of hydrogen-bond acceptors (Lipinski definition) is 4. The predicted molar refractivity (Wildman–Crippen MR) is 96.3 cm³/mol. The quantitative estimate of drug-likeness (QED) is 0.672. The Hall–Kier alpha value is -2.99. The van der Waals surface area contributed by atoms with Crippen LogP contribution in [0.5, 0.6) is 0 Å². The van der Waals surface area contributed by atoms with E-state index in [0.717, 1.165) is 17.7 Å². The topological polar surface area (TPSA) is 63.1 Å². The first-order valence-electron chi connectivity index (χ1n) is 8.47. The van der Waals surface area contributed by atoms with Crippen LogP contribution in [0.15, 0.2) is 54.9 Å². The summed E-state index contributed by atoms with van der Waals surface area (Å²) in [6.45, 7) is 1.61. The van der Waals surface area contributed by atoms with Crippen LogP contribution in [-0.2, 0) is 12.8 Å². The van der Waals surface area contributed by atoms with E-state index < -0.39 is 17.7 Å². The third kappa shape index (κ3) is 4.80. The first kappa shape index (κ1) is 18.8. The van der Waals surface area contributed by atoms with Gasteiger partial charge in [0.05, 0.1) is 18.2 Å². The first-order chi connectivity index (χ1) is 12.9. The minimum absolute atomic E-state index is 0.125. The highest BCUT2D eigenvalue weighted by atomic mass is 19.2. The molecule has 2 aromatic heterocycles. The second-order valence-electron chi connectivity index (χ2n) is 6.33. The van der Waals surface area contributed by atoms with Gasteiger partial charge in [-0.3, -0.25) is 14.8 Å². The predicted octanol–water partition coefficient (Wildman–Crippen LogP) is 3.82. The van der Waals surface area contributed by atoms with Crippen LogP contribution in [0.25, 0.3) is 0 Å². The molecule has 27 heavy (non-hydrogen) atoms. The molecule has 3 aromatic rings. The molecular formula is C21H18F2N2O2. The van der Waals surface area contributed by atoms with Gasteiger partial charge in [-0.1, -0.05) is 12.1 Å². The number of aromatic nitrogens is 2. The van der Waals surface area contributed by atoms with Crippen molar-refractivity contribution in [3.63, 3.8) is 0 Å². The summed E-state index contributed by atoms with van der Waals surface area (Å²) >= 11 is 0. The molecule has 4 nitrogen and oxygen atoms in total. The number of carbonyl (C=O) groups excluding carboxylic acids is 1. The van der Waals surface area contributed by atoms with Crippen LogP contribution in [0.1, 0.15) is 45.9 Å². The fourth-order valence-electron chi connectivity index (χ4n) is 2.63. The van der Waals surface area contributed by atoms with Crippen LogP contribution in [0.3, 0.4) is 0 Å². The molecule has 1 unspecified atom stereocenters. The third-order valence-corrected chi connectivity index (χ3v) is 4.16. The molecule has 0 aliphatic rings. The lowest BCUT2D eigenvalue weighted by molar-refractivity contribution is 0.0991. The number of ketones is 1. The van der Waals surface area contributed by atoms with E-state index in [1.807, 2.05) is 6.07 Å². The van der Waals surface area contributed by atoms with Crippen LogP contribution in [-0.4, -0.2) is 20.9 Å². The second-order valence-corrected chi connectivity index (χ2v) is 6.33. The molecule has 0 aliphatic carbocycles. The summed E-state index contributed by atoms with van der Waals surface area (Å²) in [6.07, 6.45) is 2.93. The Balaban J connectivity index is 1.64. The largest absolute Gasteiger partial charge is 0.387 e. The number of aliphatic hydroxyl groups is 1. The maximum absolute atomic E-state index is 13.3. The molecule has 2 heterocycles. The molecule has 0 saturated carbocycles. The zero-order chi connectivity index (χ0) is 19.4. The average Bonchev–Trinajstić information content (AvgIpc) is 2.66. The Labute approximate surface area is 155 Å². The summed E-state index contributed by atoms with van der Waals surface area (Å²) in [6, 6.07) is 10.6. The van der Waals surface area contributed by atoms with E-state index in [4.69, 9.17) is 0 Å². The molecule has 1 N–H and O–H groups in total. The number of nitrogens with zero attached hydrogens (tertiary/aromatic N) is 2. The van der Waals surface area contributed by atoms with Crippen LogP contribution in [0, 0.1) is 11.6 Å². The number of carbonyl (C=O) groups is 1. The molecule has 0 amide bonds. The summed E-state index contributed by atoms with van der Waals surface area (Å²) in [5.74, 6) is -1.87. The van der Waals surface area contributed by atoms with Crippen LogP contribution >= 0.6 is 0 Å². The first-order valence-corrected chi connectivity index (χ1v) is 8.47. The standard InChI is InChI=1S/C21H18F2N2O2/c1-13(26)20-7-4-16(12-25-20)21(27)10-17-5-2-15(11-24-17)8-14-3-6-18(22)19(23)9-14/h2-7,9,11-13,26H,8,10H2,1H3. The van der Waals surface area contributed by atoms with Crippen molar-refractivity contribution < 1.29 is 18.7 Å². The maximum Gasteiger partial charge on any atom is 0.170 e. The van der Waals surface area contributed by atoms with Gasteiger partial charge in [-0.15, -0.1) is 0 Å². The highest BCUT2D eigenvalue weighted by Crippen LogP contribution is 2.14. The van der Waals surface area contributed by atoms with Gasteiger partial charge >= 0.3 is 0 Å². The van der Waals surface area contributed by atoms with Gasteiger partial charge in [-0.05, 0) is 54.8 Å². The van der Waals surface area contributed by atoms with Crippen molar-refractivity contribution in [1.29, 1.82) is 0 Å². The minimum Gasteiger partial charge on any atom is -0.387 e. The Morgan fingerprint density at radius 3 is 2.37 bits per heavy atom. The van der Waals surface area contributed by atoms with Gasteiger partial charge in [0, 0.05) is 23.7 Å². The molecule has 3 rings (SSSR count). The van der Waals surface area contributed by atoms with Gasteiger partial charge in [0.15, 0.2) is 17.4 Å². The van der Waals surface area contributed by atoms with E-state index in [1.165, 1.54) is 12.3 Å². The number of hydrogen-bond donors (Lipinski definition) is 1. The summed E-state index contributed by atoms with van der Waals surface area (Å²) < 4.78 is 26.2. The van der Waals surface area contributed by atoms with Crippen LogP contribution in [0.2, 0.25) is 0 Å². The van der Waals surface area contributed by atoms with E-state index >= 15 is 0 Å². The molecule has 6 heteroatoms. The minimum atomic E-state index is -0.877. The second kappa shape index (κ2) is 8.14. The zero-order valence-corrected chi connectivity index (χ0v) is 14.7. The van der Waals surface area contributed by atoms with Gasteiger partial charge in [0.1, 0.15) is 0 Å². The van der Waals surface area contributed by atoms with E-state index in [0.29, 0.717) is 28.9 Å². The van der Waals surface area contributed by atoms with Crippen molar-refractivity contribution in [2.45, 2.75) is 25.9 Å². The number of pyridine rings is 2. The van der Waals surface area contributed by atoms with Crippen molar-refractivity contribution in [3.05, 3.63) is 94.6 Å². The average molecular weight is 368 g/mol. The molecule has 0 spiro atoms. The zero-order valence-electron chi connectivity index (χ0n) is 14.7. The molecular weight excluding hydrogens is 350 g/mol. The smallest absolute Gasteiger partial charge is 0.170 e. The SMILES string of the molecule is CC(O)c1ccc(C(=O)Cc2ccc(Cc3ccc(F)c(F)c3)cn2)cn1. The lowest BCUT2D eigenvalue weighted by atomic mass is 10.0. The molecule has 138 valence electrons. The molecule has 0 bridgehead atoms. The molecule has 0 radical (unpaired) electrons. The molecule has 0 saturated heterocycles. The van der Waals surface area contributed by atoms with Gasteiger partial charge in [-0.2, -0.15) is 0 Å². The number of aliphatic hydroxyl groups excluding tert-OH is 1. The van der Waals surface area contributed by atoms with Gasteiger partial charge in [-0.25, -0.2) is 8.78 Å². The molecule has 0 aliphatic heterocycles. The highest BCUT2D eigenvalue weighted by molar-refractivity contribution is 5.97. The fourth-order valence-corrected chi connectivity index (χ4v) is 2.63.